The predicted octanol–water partition coefficient (Wildman–Crippen LogP) is 5.43. The summed E-state index contributed by atoms with van der Waals surface area (Å²) in [6.45, 7) is 23.8. The number of amides is 1. The van der Waals surface area contributed by atoms with E-state index in [1.165, 1.54) is 0 Å². The number of hydrogen-bond acceptors (Lipinski definition) is 4. The molecule has 1 saturated heterocycles. The lowest BCUT2D eigenvalue weighted by molar-refractivity contribution is -0.130. The van der Waals surface area contributed by atoms with Crippen LogP contribution < -0.4 is 10.7 Å². The van der Waals surface area contributed by atoms with Gasteiger partial charge < -0.3 is 5.32 Å². The zero-order chi connectivity index (χ0) is 21.3. The predicted molar refractivity (Wildman–Crippen MR) is 120 cm³/mol. The van der Waals surface area contributed by atoms with Gasteiger partial charge >= 0.3 is 0 Å². The molecule has 5 heteroatoms. The molecular weight excluding hydrogens is 354 g/mol. The van der Waals surface area contributed by atoms with Gasteiger partial charge in [0.25, 0.3) is 0 Å². The summed E-state index contributed by atoms with van der Waals surface area (Å²) in [4.78, 5) is 12.7. The van der Waals surface area contributed by atoms with Crippen LogP contribution in [-0.2, 0) is 4.79 Å². The first-order valence-electron chi connectivity index (χ1n) is 10.2. The van der Waals surface area contributed by atoms with E-state index >= 15 is 0 Å². The minimum Gasteiger partial charge on any atom is -0.301 e. The maximum absolute atomic E-state index is 12.7. The molecule has 4 nitrogen and oxygen atoms in total. The molecule has 0 aromatic rings. The molecule has 2 unspecified atom stereocenters. The van der Waals surface area contributed by atoms with Crippen LogP contribution >= 0.6 is 11.8 Å². The maximum Gasteiger partial charge on any atom is 0.245 e. The molecule has 1 amide bonds. The van der Waals surface area contributed by atoms with Crippen LogP contribution in [0.4, 0.5) is 0 Å². The first-order chi connectivity index (χ1) is 12.0. The summed E-state index contributed by atoms with van der Waals surface area (Å²) in [5.74, 6) is 1.16. The van der Waals surface area contributed by atoms with Crippen LogP contribution in [0.3, 0.4) is 0 Å². The molecule has 1 fully saturated rings. The topological polar surface area (TPSA) is 53.5 Å². The Morgan fingerprint density at radius 2 is 1.59 bits per heavy atom. The van der Waals surface area contributed by atoms with Crippen molar-refractivity contribution < 1.29 is 4.79 Å². The molecule has 0 aromatic heterocycles. The van der Waals surface area contributed by atoms with Crippen LogP contribution in [0.25, 0.3) is 0 Å². The normalized spacial score (nSPS) is 22.9. The molecule has 0 saturated carbocycles. The summed E-state index contributed by atoms with van der Waals surface area (Å²) in [5.41, 5.74) is 3.66. The summed E-state index contributed by atoms with van der Waals surface area (Å²) in [5, 5.41) is 8.59. The number of nitrogens with one attached hydrogen (secondary N) is 2. The number of carbonyl (C=O) groups excluding carboxylic acids is 1. The fourth-order valence-electron chi connectivity index (χ4n) is 2.76. The minimum atomic E-state index is -0.439. The van der Waals surface area contributed by atoms with Crippen LogP contribution in [0.2, 0.25) is 0 Å². The zero-order valence-corrected chi connectivity index (χ0v) is 20.4. The molecule has 1 heterocycles. The van der Waals surface area contributed by atoms with E-state index in [1.54, 1.807) is 0 Å². The van der Waals surface area contributed by atoms with Gasteiger partial charge in [-0.25, -0.2) is 5.43 Å². The van der Waals surface area contributed by atoms with Crippen LogP contribution in [-0.4, -0.2) is 28.8 Å². The molecule has 2 N–H and O–H groups in total. The third-order valence-electron chi connectivity index (χ3n) is 5.96. The van der Waals surface area contributed by atoms with E-state index < -0.39 is 5.41 Å². The highest BCUT2D eigenvalue weighted by Crippen LogP contribution is 2.42. The van der Waals surface area contributed by atoms with Crippen LogP contribution in [0, 0.1) is 21.7 Å². The monoisotopic (exact) mass is 397 g/mol. The van der Waals surface area contributed by atoms with E-state index in [1.807, 2.05) is 32.5 Å². The second-order valence-corrected chi connectivity index (χ2v) is 12.7. The molecule has 1 aliphatic heterocycles. The largest absolute Gasteiger partial charge is 0.301 e. The Labute approximate surface area is 172 Å². The Hall–Kier alpha value is -0.550. The van der Waals surface area contributed by atoms with Crippen molar-refractivity contribution in [2.45, 2.75) is 100 Å². The molecule has 0 spiro atoms. The molecule has 0 aliphatic carbocycles. The Bertz CT molecular complexity index is 553. The maximum atomic E-state index is 12.7. The van der Waals surface area contributed by atoms with E-state index in [0.717, 1.165) is 24.3 Å². The summed E-state index contributed by atoms with van der Waals surface area (Å²) in [7, 11) is 0. The lowest BCUT2D eigenvalue weighted by Gasteiger charge is -2.36. The quantitative estimate of drug-likeness (QED) is 0.464. The molecule has 0 radical (unpaired) electrons. The smallest absolute Gasteiger partial charge is 0.245 e. The molecule has 158 valence electrons. The van der Waals surface area contributed by atoms with E-state index in [9.17, 15) is 4.79 Å². The van der Waals surface area contributed by atoms with Crippen molar-refractivity contribution in [3.63, 3.8) is 0 Å². The summed E-state index contributed by atoms with van der Waals surface area (Å²) in [6.07, 6.45) is 1.84. The number of nitrogens with zero attached hydrogens (tertiary/aromatic N) is 1. The van der Waals surface area contributed by atoms with Gasteiger partial charge in [0.05, 0.1) is 5.37 Å². The fraction of sp³-hybridized carbons (Fsp3) is 0.909. The average molecular weight is 398 g/mol. The third kappa shape index (κ3) is 7.08. The molecule has 27 heavy (non-hydrogen) atoms. The van der Waals surface area contributed by atoms with Gasteiger partial charge in [-0.1, -0.05) is 69.2 Å². The SMILES string of the molecule is C/C(=N\NC(=O)C(C)(C)CCC(C)(C)C1NC(C(C)(C)C)CS1)C(C)(C)C. The van der Waals surface area contributed by atoms with Gasteiger partial charge in [-0.3, -0.25) is 4.79 Å². The molecule has 0 aromatic carbocycles. The van der Waals surface area contributed by atoms with Gasteiger partial charge in [0, 0.05) is 28.3 Å². The Balaban J connectivity index is 2.65. The summed E-state index contributed by atoms with van der Waals surface area (Å²) < 4.78 is 0. The van der Waals surface area contributed by atoms with E-state index in [4.69, 9.17) is 0 Å². The zero-order valence-electron chi connectivity index (χ0n) is 19.5. The van der Waals surface area contributed by atoms with Crippen molar-refractivity contribution in [3.8, 4) is 0 Å². The fourth-order valence-corrected chi connectivity index (χ4v) is 4.57. The highest BCUT2D eigenvalue weighted by molar-refractivity contribution is 8.00. The van der Waals surface area contributed by atoms with Gasteiger partial charge in [0.15, 0.2) is 0 Å². The molecule has 0 bridgehead atoms. The van der Waals surface area contributed by atoms with Crippen LogP contribution in [0.1, 0.15) is 89.0 Å². The second-order valence-electron chi connectivity index (χ2n) is 11.6. The van der Waals surface area contributed by atoms with Crippen molar-refractivity contribution in [1.82, 2.24) is 10.7 Å². The molecule has 2 atom stereocenters. The Kier molecular flexibility index (Phi) is 7.66. The van der Waals surface area contributed by atoms with Crippen molar-refractivity contribution in [2.75, 3.05) is 5.75 Å². The lowest BCUT2D eigenvalue weighted by atomic mass is 9.78. The number of rotatable bonds is 6. The van der Waals surface area contributed by atoms with E-state index in [0.29, 0.717) is 11.4 Å². The number of thioether (sulfide) groups is 1. The standard InChI is InChI=1S/C22H43N3OS/c1-15(19(2,3)4)24-25-17(26)21(8,9)12-13-22(10,11)18-23-16(14-27-18)20(5,6)7/h16,18,23H,12-14H2,1-11H3,(H,25,26)/b24-15+. The van der Waals surface area contributed by atoms with E-state index in [2.05, 4.69) is 71.2 Å². The van der Waals surface area contributed by atoms with Gasteiger partial charge in [-0.2, -0.15) is 5.10 Å². The van der Waals surface area contributed by atoms with Crippen molar-refractivity contribution in [2.24, 2.45) is 26.8 Å². The van der Waals surface area contributed by atoms with E-state index in [-0.39, 0.29) is 22.2 Å². The first-order valence-corrected chi connectivity index (χ1v) is 11.2. The van der Waals surface area contributed by atoms with Crippen molar-refractivity contribution in [3.05, 3.63) is 0 Å². The summed E-state index contributed by atoms with van der Waals surface area (Å²) in [6, 6.07) is 0.540. The molecular formula is C22H43N3OS. The van der Waals surface area contributed by atoms with Gasteiger partial charge in [0.2, 0.25) is 5.91 Å². The molecule has 1 rings (SSSR count). The second kappa shape index (κ2) is 8.44. The lowest BCUT2D eigenvalue weighted by Crippen LogP contribution is -2.45. The van der Waals surface area contributed by atoms with Crippen LogP contribution in [0.15, 0.2) is 5.10 Å². The Morgan fingerprint density at radius 3 is 2.04 bits per heavy atom. The minimum absolute atomic E-state index is 0.00139. The number of carbonyl (C=O) groups is 1. The number of hydrazone groups is 1. The third-order valence-corrected chi connectivity index (χ3v) is 7.59. The first kappa shape index (κ1) is 24.5. The average Bonchev–Trinajstić information content (AvgIpc) is 3.00. The van der Waals surface area contributed by atoms with Gasteiger partial charge in [-0.05, 0) is 30.6 Å². The van der Waals surface area contributed by atoms with Gasteiger partial charge in [-0.15, -0.1) is 11.8 Å². The highest BCUT2D eigenvalue weighted by atomic mass is 32.2. The van der Waals surface area contributed by atoms with Crippen molar-refractivity contribution in [1.29, 1.82) is 0 Å². The molecule has 1 aliphatic rings. The van der Waals surface area contributed by atoms with Crippen molar-refractivity contribution >= 4 is 23.4 Å². The summed E-state index contributed by atoms with van der Waals surface area (Å²) >= 11 is 2.03. The van der Waals surface area contributed by atoms with Gasteiger partial charge in [0.1, 0.15) is 0 Å². The Morgan fingerprint density at radius 1 is 1.04 bits per heavy atom. The van der Waals surface area contributed by atoms with Crippen LogP contribution in [0.5, 0.6) is 0 Å². The number of hydrogen-bond donors (Lipinski definition) is 2. The highest BCUT2D eigenvalue weighted by Gasteiger charge is 2.41.